The van der Waals surface area contributed by atoms with Crippen LogP contribution in [0.1, 0.15) is 37.8 Å². The van der Waals surface area contributed by atoms with Gasteiger partial charge in [-0.05, 0) is 62.8 Å². The van der Waals surface area contributed by atoms with Gasteiger partial charge in [-0.25, -0.2) is 13.2 Å². The molecule has 3 rings (SSSR count). The fourth-order valence-corrected chi connectivity index (χ4v) is 5.64. The molecular formula is C20H27NO6S. The Kier molecular flexibility index (Phi) is 6.27. The quantitative estimate of drug-likeness (QED) is 0.635. The van der Waals surface area contributed by atoms with Gasteiger partial charge in [0.15, 0.2) is 22.5 Å². The highest BCUT2D eigenvalue weighted by molar-refractivity contribution is 7.91. The Morgan fingerprint density at radius 2 is 2.00 bits per heavy atom. The Hall–Kier alpha value is -2.09. The number of hydrogen-bond acceptors (Lipinski definition) is 6. The van der Waals surface area contributed by atoms with Crippen molar-refractivity contribution in [2.75, 3.05) is 24.7 Å². The Morgan fingerprint density at radius 1 is 1.25 bits per heavy atom. The van der Waals surface area contributed by atoms with Crippen molar-refractivity contribution >= 4 is 21.7 Å². The SMILES string of the molecule is CCN(C(=O)[C@@H](C)OC(=O)COc1ccc2c(c1)CCC2)[C@H]1CCS(=O)(=O)C1. The largest absolute Gasteiger partial charge is 0.482 e. The molecule has 28 heavy (non-hydrogen) atoms. The van der Waals surface area contributed by atoms with Gasteiger partial charge in [0.25, 0.3) is 5.91 Å². The first-order valence-corrected chi connectivity index (χ1v) is 11.6. The third-order valence-electron chi connectivity index (χ3n) is 5.36. The van der Waals surface area contributed by atoms with E-state index in [9.17, 15) is 18.0 Å². The maximum absolute atomic E-state index is 12.6. The number of esters is 1. The van der Waals surface area contributed by atoms with E-state index in [-0.39, 0.29) is 30.1 Å². The van der Waals surface area contributed by atoms with Crippen molar-refractivity contribution < 1.29 is 27.5 Å². The van der Waals surface area contributed by atoms with Crippen molar-refractivity contribution in [2.24, 2.45) is 0 Å². The molecular weight excluding hydrogens is 382 g/mol. The van der Waals surface area contributed by atoms with Crippen LogP contribution in [0.15, 0.2) is 18.2 Å². The summed E-state index contributed by atoms with van der Waals surface area (Å²) in [6, 6.07) is 5.45. The normalized spacial score (nSPS) is 21.0. The summed E-state index contributed by atoms with van der Waals surface area (Å²) in [7, 11) is -3.10. The molecule has 1 heterocycles. The molecule has 0 spiro atoms. The molecule has 1 fully saturated rings. The van der Waals surface area contributed by atoms with Crippen molar-refractivity contribution in [2.45, 2.75) is 51.7 Å². The molecule has 0 radical (unpaired) electrons. The van der Waals surface area contributed by atoms with Crippen LogP contribution >= 0.6 is 0 Å². The van der Waals surface area contributed by atoms with Gasteiger partial charge in [0, 0.05) is 12.6 Å². The molecule has 1 aliphatic carbocycles. The lowest BCUT2D eigenvalue weighted by molar-refractivity contribution is -0.161. The van der Waals surface area contributed by atoms with E-state index in [1.807, 2.05) is 18.2 Å². The third kappa shape index (κ3) is 4.84. The summed E-state index contributed by atoms with van der Waals surface area (Å²) >= 11 is 0. The number of amides is 1. The van der Waals surface area contributed by atoms with Crippen LogP contribution in [0, 0.1) is 0 Å². The van der Waals surface area contributed by atoms with Crippen LogP contribution in [0.3, 0.4) is 0 Å². The van der Waals surface area contributed by atoms with Crippen molar-refractivity contribution in [1.29, 1.82) is 0 Å². The highest BCUT2D eigenvalue weighted by Gasteiger charge is 2.36. The molecule has 1 aromatic rings. The fourth-order valence-electron chi connectivity index (χ4n) is 3.91. The number of sulfone groups is 1. The number of nitrogens with zero attached hydrogens (tertiary/aromatic N) is 1. The van der Waals surface area contributed by atoms with E-state index in [4.69, 9.17) is 9.47 Å². The van der Waals surface area contributed by atoms with E-state index in [0.717, 1.165) is 19.3 Å². The molecule has 0 unspecified atom stereocenters. The Bertz CT molecular complexity index is 850. The standard InChI is InChI=1S/C20H27NO6S/c1-3-21(17-9-10-28(24,25)13-17)20(23)14(2)27-19(22)12-26-18-8-7-15-5-4-6-16(15)11-18/h7-8,11,14,17H,3-6,9-10,12-13H2,1-2H3/t14-,17+/m1/s1. The molecule has 2 atom stereocenters. The smallest absolute Gasteiger partial charge is 0.344 e. The van der Waals surface area contributed by atoms with Gasteiger partial charge < -0.3 is 14.4 Å². The molecule has 1 aliphatic heterocycles. The topological polar surface area (TPSA) is 90.0 Å². The second-order valence-corrected chi connectivity index (χ2v) is 9.61. The van der Waals surface area contributed by atoms with Crippen LogP contribution in [0.5, 0.6) is 5.75 Å². The number of fused-ring (bicyclic) bond motifs is 1. The predicted octanol–water partition coefficient (Wildman–Crippen LogP) is 1.52. The van der Waals surface area contributed by atoms with Crippen molar-refractivity contribution in [3.8, 4) is 5.75 Å². The summed E-state index contributed by atoms with van der Waals surface area (Å²) < 4.78 is 34.1. The van der Waals surface area contributed by atoms with Crippen LogP contribution < -0.4 is 4.74 Å². The molecule has 1 aromatic carbocycles. The molecule has 7 nitrogen and oxygen atoms in total. The first-order valence-electron chi connectivity index (χ1n) is 9.74. The monoisotopic (exact) mass is 409 g/mol. The first kappa shape index (κ1) is 20.6. The Morgan fingerprint density at radius 3 is 2.68 bits per heavy atom. The van der Waals surface area contributed by atoms with Crippen molar-refractivity contribution in [3.05, 3.63) is 29.3 Å². The van der Waals surface area contributed by atoms with E-state index in [1.165, 1.54) is 23.0 Å². The molecule has 0 aromatic heterocycles. The van der Waals surface area contributed by atoms with Crippen LogP contribution in [-0.4, -0.2) is 62.0 Å². The van der Waals surface area contributed by atoms with Gasteiger partial charge in [0.05, 0.1) is 11.5 Å². The molecule has 154 valence electrons. The Balaban J connectivity index is 1.50. The number of ether oxygens (including phenoxy) is 2. The minimum absolute atomic E-state index is 0.0330. The highest BCUT2D eigenvalue weighted by atomic mass is 32.2. The summed E-state index contributed by atoms with van der Waals surface area (Å²) in [5, 5.41) is 0. The zero-order chi connectivity index (χ0) is 20.3. The maximum atomic E-state index is 12.6. The van der Waals surface area contributed by atoms with E-state index in [2.05, 4.69) is 0 Å². The summed E-state index contributed by atoms with van der Waals surface area (Å²) in [5.41, 5.74) is 2.57. The number of carbonyl (C=O) groups is 2. The molecule has 0 bridgehead atoms. The fraction of sp³-hybridized carbons (Fsp3) is 0.600. The van der Waals surface area contributed by atoms with Crippen LogP contribution in [0.2, 0.25) is 0 Å². The molecule has 0 N–H and O–H groups in total. The lowest BCUT2D eigenvalue weighted by Crippen LogP contribution is -2.46. The molecule has 8 heteroatoms. The number of benzene rings is 1. The van der Waals surface area contributed by atoms with Crippen LogP contribution in [0.25, 0.3) is 0 Å². The average molecular weight is 410 g/mol. The second-order valence-electron chi connectivity index (χ2n) is 7.39. The summed E-state index contributed by atoms with van der Waals surface area (Å²) in [5.74, 6) is -0.339. The van der Waals surface area contributed by atoms with Crippen LogP contribution in [0.4, 0.5) is 0 Å². The zero-order valence-corrected chi connectivity index (χ0v) is 17.2. The minimum Gasteiger partial charge on any atom is -0.482 e. The first-order chi connectivity index (χ1) is 13.3. The summed E-state index contributed by atoms with van der Waals surface area (Å²) in [4.78, 5) is 26.2. The van der Waals surface area contributed by atoms with Crippen molar-refractivity contribution in [3.63, 3.8) is 0 Å². The summed E-state index contributed by atoms with van der Waals surface area (Å²) in [6.45, 7) is 3.38. The van der Waals surface area contributed by atoms with Gasteiger partial charge in [0.1, 0.15) is 5.75 Å². The van der Waals surface area contributed by atoms with E-state index < -0.39 is 21.9 Å². The number of aryl methyl sites for hydroxylation is 2. The number of likely N-dealkylation sites (N-methyl/N-ethyl adjacent to an activating group) is 1. The molecule has 0 saturated carbocycles. The predicted molar refractivity (Wildman–Crippen MR) is 104 cm³/mol. The van der Waals surface area contributed by atoms with E-state index >= 15 is 0 Å². The minimum atomic E-state index is -3.10. The van der Waals surface area contributed by atoms with E-state index in [0.29, 0.717) is 18.7 Å². The molecule has 1 amide bonds. The van der Waals surface area contributed by atoms with Gasteiger partial charge >= 0.3 is 5.97 Å². The summed E-state index contributed by atoms with van der Waals surface area (Å²) in [6.07, 6.45) is 2.67. The number of hydrogen-bond donors (Lipinski definition) is 0. The van der Waals surface area contributed by atoms with Gasteiger partial charge in [-0.1, -0.05) is 6.07 Å². The number of carbonyl (C=O) groups excluding carboxylic acids is 2. The van der Waals surface area contributed by atoms with Gasteiger partial charge in [-0.3, -0.25) is 4.79 Å². The molecule has 1 saturated heterocycles. The van der Waals surface area contributed by atoms with Gasteiger partial charge in [0.2, 0.25) is 0 Å². The highest BCUT2D eigenvalue weighted by Crippen LogP contribution is 2.26. The van der Waals surface area contributed by atoms with Gasteiger partial charge in [-0.15, -0.1) is 0 Å². The zero-order valence-electron chi connectivity index (χ0n) is 16.3. The molecule has 2 aliphatic rings. The second kappa shape index (κ2) is 8.51. The lowest BCUT2D eigenvalue weighted by Gasteiger charge is -2.29. The average Bonchev–Trinajstić information content (AvgIpc) is 3.26. The Labute approximate surface area is 165 Å². The number of rotatable bonds is 7. The van der Waals surface area contributed by atoms with Crippen LogP contribution in [-0.2, 0) is 37.0 Å². The lowest BCUT2D eigenvalue weighted by atomic mass is 10.1. The maximum Gasteiger partial charge on any atom is 0.344 e. The van der Waals surface area contributed by atoms with E-state index in [1.54, 1.807) is 6.92 Å². The van der Waals surface area contributed by atoms with Gasteiger partial charge in [-0.2, -0.15) is 0 Å². The third-order valence-corrected chi connectivity index (χ3v) is 7.11. The van der Waals surface area contributed by atoms with Crippen molar-refractivity contribution in [1.82, 2.24) is 4.90 Å².